The van der Waals surface area contributed by atoms with Gasteiger partial charge in [0.15, 0.2) is 0 Å². The number of rotatable bonds is 3. The Balaban J connectivity index is 1.94. The molecule has 3 rings (SSSR count). The third-order valence-electron chi connectivity index (χ3n) is 5.53. The second kappa shape index (κ2) is 7.63. The van der Waals surface area contributed by atoms with Crippen molar-refractivity contribution in [2.75, 3.05) is 18.6 Å². The SMILES string of the molecule is COC(=O)c1ccc(C=C(C)c2ccc3c(c2)C(C)(C)CCN3C(C)=O)cc1. The highest BCUT2D eigenvalue weighted by Crippen LogP contribution is 2.41. The summed E-state index contributed by atoms with van der Waals surface area (Å²) >= 11 is 0. The van der Waals surface area contributed by atoms with E-state index in [9.17, 15) is 9.59 Å². The van der Waals surface area contributed by atoms with E-state index >= 15 is 0 Å². The average Bonchev–Trinajstić information content (AvgIpc) is 2.67. The number of carbonyl (C=O) groups excluding carboxylic acids is 2. The van der Waals surface area contributed by atoms with E-state index in [0.29, 0.717) is 5.56 Å². The van der Waals surface area contributed by atoms with Gasteiger partial charge in [0.1, 0.15) is 0 Å². The van der Waals surface area contributed by atoms with E-state index in [4.69, 9.17) is 4.74 Å². The third-order valence-corrected chi connectivity index (χ3v) is 5.53. The molecule has 4 heteroatoms. The van der Waals surface area contributed by atoms with Gasteiger partial charge in [0.2, 0.25) is 5.91 Å². The van der Waals surface area contributed by atoms with Gasteiger partial charge in [-0.15, -0.1) is 0 Å². The Hall–Kier alpha value is -2.88. The van der Waals surface area contributed by atoms with Crippen molar-refractivity contribution < 1.29 is 14.3 Å². The standard InChI is InChI=1S/C24H27NO3/c1-16(14-18-6-8-19(9-7-18)23(27)28-5)20-10-11-22-21(15-20)24(3,4)12-13-25(22)17(2)26/h6-11,14-15H,12-13H2,1-5H3. The molecule has 2 aromatic rings. The Morgan fingerprint density at radius 3 is 2.29 bits per heavy atom. The smallest absolute Gasteiger partial charge is 0.337 e. The number of amides is 1. The molecule has 0 atom stereocenters. The number of esters is 1. The maximum absolute atomic E-state index is 12.0. The molecule has 2 aromatic carbocycles. The molecule has 146 valence electrons. The zero-order valence-electron chi connectivity index (χ0n) is 17.2. The monoisotopic (exact) mass is 377 g/mol. The summed E-state index contributed by atoms with van der Waals surface area (Å²) in [6, 6.07) is 13.7. The summed E-state index contributed by atoms with van der Waals surface area (Å²) in [6.45, 7) is 8.93. The van der Waals surface area contributed by atoms with Crippen LogP contribution in [0.15, 0.2) is 42.5 Å². The van der Waals surface area contributed by atoms with Gasteiger partial charge in [-0.1, -0.05) is 38.1 Å². The zero-order chi connectivity index (χ0) is 20.5. The Morgan fingerprint density at radius 1 is 1.04 bits per heavy atom. The number of fused-ring (bicyclic) bond motifs is 1. The molecule has 1 heterocycles. The third kappa shape index (κ3) is 3.86. The number of allylic oxidation sites excluding steroid dienone is 1. The van der Waals surface area contributed by atoms with Crippen molar-refractivity contribution in [2.45, 2.75) is 39.5 Å². The lowest BCUT2D eigenvalue weighted by molar-refractivity contribution is -0.116. The summed E-state index contributed by atoms with van der Waals surface area (Å²) < 4.78 is 4.74. The first-order chi connectivity index (χ1) is 13.2. The maximum Gasteiger partial charge on any atom is 0.337 e. The average molecular weight is 377 g/mol. The highest BCUT2D eigenvalue weighted by Gasteiger charge is 2.32. The van der Waals surface area contributed by atoms with Crippen LogP contribution >= 0.6 is 0 Å². The number of anilines is 1. The molecular formula is C24H27NO3. The minimum atomic E-state index is -0.334. The Kier molecular flexibility index (Phi) is 5.41. The van der Waals surface area contributed by atoms with Crippen molar-refractivity contribution in [2.24, 2.45) is 0 Å². The van der Waals surface area contributed by atoms with E-state index in [-0.39, 0.29) is 17.3 Å². The number of carbonyl (C=O) groups is 2. The van der Waals surface area contributed by atoms with Crippen molar-refractivity contribution in [1.29, 1.82) is 0 Å². The summed E-state index contributed by atoms with van der Waals surface area (Å²) in [5.41, 5.74) is 6.07. The first-order valence-corrected chi connectivity index (χ1v) is 9.52. The number of nitrogens with zero attached hydrogens (tertiary/aromatic N) is 1. The summed E-state index contributed by atoms with van der Waals surface area (Å²) in [5, 5.41) is 0. The number of ether oxygens (including phenoxy) is 1. The van der Waals surface area contributed by atoms with Crippen molar-refractivity contribution in [3.05, 3.63) is 64.7 Å². The molecule has 1 aliphatic heterocycles. The molecule has 0 N–H and O–H groups in total. The lowest BCUT2D eigenvalue weighted by Gasteiger charge is -2.39. The van der Waals surface area contributed by atoms with Crippen LogP contribution in [0.25, 0.3) is 11.6 Å². The number of hydrogen-bond donors (Lipinski definition) is 0. The predicted octanol–water partition coefficient (Wildman–Crippen LogP) is 5.07. The van der Waals surface area contributed by atoms with Gasteiger partial charge >= 0.3 is 5.97 Å². The molecule has 4 nitrogen and oxygen atoms in total. The molecule has 28 heavy (non-hydrogen) atoms. The van der Waals surface area contributed by atoms with Crippen molar-refractivity contribution in [3.8, 4) is 0 Å². The Bertz CT molecular complexity index is 939. The highest BCUT2D eigenvalue weighted by molar-refractivity contribution is 5.94. The molecule has 0 spiro atoms. The molecule has 0 aromatic heterocycles. The topological polar surface area (TPSA) is 46.6 Å². The van der Waals surface area contributed by atoms with Crippen molar-refractivity contribution in [1.82, 2.24) is 0 Å². The van der Waals surface area contributed by atoms with E-state index < -0.39 is 0 Å². The van der Waals surface area contributed by atoms with Gasteiger partial charge in [0.05, 0.1) is 12.7 Å². The van der Waals surface area contributed by atoms with Gasteiger partial charge in [-0.3, -0.25) is 4.79 Å². The Morgan fingerprint density at radius 2 is 1.68 bits per heavy atom. The van der Waals surface area contributed by atoms with Gasteiger partial charge in [-0.05, 0) is 65.3 Å². The number of benzene rings is 2. The summed E-state index contributed by atoms with van der Waals surface area (Å²) in [6.07, 6.45) is 3.04. The molecule has 0 radical (unpaired) electrons. The number of methoxy groups -OCH3 is 1. The van der Waals surface area contributed by atoms with Crippen LogP contribution in [0.1, 0.15) is 61.2 Å². The summed E-state index contributed by atoms with van der Waals surface area (Å²) in [7, 11) is 1.38. The number of hydrogen-bond acceptors (Lipinski definition) is 3. The van der Waals surface area contributed by atoms with Crippen LogP contribution in [0, 0.1) is 0 Å². The van der Waals surface area contributed by atoms with Gasteiger partial charge < -0.3 is 9.64 Å². The van der Waals surface area contributed by atoms with Crippen LogP contribution < -0.4 is 4.90 Å². The molecule has 0 fully saturated rings. The molecule has 1 aliphatic rings. The maximum atomic E-state index is 12.0. The van der Waals surface area contributed by atoms with Crippen LogP contribution in [0.4, 0.5) is 5.69 Å². The molecule has 0 saturated carbocycles. The summed E-state index contributed by atoms with van der Waals surface area (Å²) in [5.74, 6) is -0.248. The van der Waals surface area contributed by atoms with Gasteiger partial charge in [-0.25, -0.2) is 4.79 Å². The molecule has 0 saturated heterocycles. The van der Waals surface area contributed by atoms with Crippen LogP contribution in [0.2, 0.25) is 0 Å². The first-order valence-electron chi connectivity index (χ1n) is 9.52. The first kappa shape index (κ1) is 19.9. The van der Waals surface area contributed by atoms with E-state index in [1.165, 1.54) is 12.7 Å². The quantitative estimate of drug-likeness (QED) is 0.554. The van der Waals surface area contributed by atoms with E-state index in [2.05, 4.69) is 45.0 Å². The fraction of sp³-hybridized carbons (Fsp3) is 0.333. The molecular weight excluding hydrogens is 350 g/mol. The zero-order valence-corrected chi connectivity index (χ0v) is 17.2. The van der Waals surface area contributed by atoms with Crippen LogP contribution in [0.3, 0.4) is 0 Å². The predicted molar refractivity (Wildman–Crippen MR) is 113 cm³/mol. The van der Waals surface area contributed by atoms with Gasteiger partial charge in [-0.2, -0.15) is 0 Å². The molecule has 0 unspecified atom stereocenters. The van der Waals surface area contributed by atoms with Gasteiger partial charge in [0, 0.05) is 19.2 Å². The van der Waals surface area contributed by atoms with Crippen molar-refractivity contribution >= 4 is 29.2 Å². The van der Waals surface area contributed by atoms with Crippen LogP contribution in [0.5, 0.6) is 0 Å². The normalized spacial score (nSPS) is 15.8. The minimum absolute atomic E-state index is 0.0275. The van der Waals surface area contributed by atoms with E-state index in [0.717, 1.165) is 35.4 Å². The molecule has 0 aliphatic carbocycles. The van der Waals surface area contributed by atoms with Crippen LogP contribution in [-0.4, -0.2) is 25.5 Å². The highest BCUT2D eigenvalue weighted by atomic mass is 16.5. The minimum Gasteiger partial charge on any atom is -0.465 e. The van der Waals surface area contributed by atoms with E-state index in [1.807, 2.05) is 17.0 Å². The lowest BCUT2D eigenvalue weighted by atomic mass is 9.76. The lowest BCUT2D eigenvalue weighted by Crippen LogP contribution is -2.39. The molecule has 0 bridgehead atoms. The summed E-state index contributed by atoms with van der Waals surface area (Å²) in [4.78, 5) is 25.5. The largest absolute Gasteiger partial charge is 0.465 e. The second-order valence-corrected chi connectivity index (χ2v) is 7.98. The van der Waals surface area contributed by atoms with E-state index in [1.54, 1.807) is 19.1 Å². The fourth-order valence-electron chi connectivity index (χ4n) is 3.70. The Labute approximate surface area is 166 Å². The van der Waals surface area contributed by atoms with Crippen LogP contribution in [-0.2, 0) is 14.9 Å². The van der Waals surface area contributed by atoms with Gasteiger partial charge in [0.25, 0.3) is 0 Å². The molecule has 1 amide bonds. The van der Waals surface area contributed by atoms with Crippen molar-refractivity contribution in [3.63, 3.8) is 0 Å². The fourth-order valence-corrected chi connectivity index (χ4v) is 3.70. The second-order valence-electron chi connectivity index (χ2n) is 7.98.